The van der Waals surface area contributed by atoms with Crippen LogP contribution in [0.5, 0.6) is 17.2 Å². The van der Waals surface area contributed by atoms with E-state index in [-0.39, 0.29) is 6.79 Å². The molecule has 0 aromatic heterocycles. The second-order valence-electron chi connectivity index (χ2n) is 7.76. The van der Waals surface area contributed by atoms with Crippen molar-refractivity contribution in [3.63, 3.8) is 0 Å². The number of hydrogen-bond donors (Lipinski definition) is 0. The molecule has 1 fully saturated rings. The van der Waals surface area contributed by atoms with E-state index in [4.69, 9.17) is 25.8 Å². The zero-order valence-electron chi connectivity index (χ0n) is 16.8. The number of ether oxygens (including phenoxy) is 3. The van der Waals surface area contributed by atoms with Gasteiger partial charge in [0.2, 0.25) is 6.79 Å². The number of likely N-dealkylation sites (tertiary alicyclic amines) is 1. The summed E-state index contributed by atoms with van der Waals surface area (Å²) in [5, 5.41) is 0.767. The smallest absolute Gasteiger partial charge is 0.231 e. The fourth-order valence-electron chi connectivity index (χ4n) is 4.17. The first-order valence-corrected chi connectivity index (χ1v) is 11.5. The molecule has 2 aromatic rings. The van der Waals surface area contributed by atoms with Gasteiger partial charge in [-0.05, 0) is 87.0 Å². The summed E-state index contributed by atoms with van der Waals surface area (Å²) in [5.74, 6) is 3.24. The maximum absolute atomic E-state index is 6.42. The lowest BCUT2D eigenvalue weighted by Crippen LogP contribution is -2.35. The van der Waals surface area contributed by atoms with Crippen LogP contribution in [0.2, 0.25) is 5.02 Å². The second-order valence-corrected chi connectivity index (χ2v) is 9.09. The minimum absolute atomic E-state index is 0.284. The Hall–Kier alpha value is -1.43. The maximum Gasteiger partial charge on any atom is 0.231 e. The highest BCUT2D eigenvalue weighted by Gasteiger charge is 2.21. The van der Waals surface area contributed by atoms with E-state index in [0.29, 0.717) is 6.61 Å². The highest BCUT2D eigenvalue weighted by atomic mass is 79.9. The maximum atomic E-state index is 6.42. The van der Waals surface area contributed by atoms with Crippen LogP contribution in [0.3, 0.4) is 0 Å². The van der Waals surface area contributed by atoms with Crippen LogP contribution in [0.1, 0.15) is 30.9 Å². The summed E-state index contributed by atoms with van der Waals surface area (Å²) in [5.41, 5.74) is 2.49. The van der Waals surface area contributed by atoms with Crippen LogP contribution in [0.4, 0.5) is 0 Å². The molecule has 0 spiro atoms. The predicted molar refractivity (Wildman–Crippen MR) is 119 cm³/mol. The molecular formula is C23H27BrClNO3. The summed E-state index contributed by atoms with van der Waals surface area (Å²) in [6.45, 7) is 6.30. The van der Waals surface area contributed by atoms with Gasteiger partial charge in [0.25, 0.3) is 0 Å². The molecule has 4 rings (SSSR count). The summed E-state index contributed by atoms with van der Waals surface area (Å²) in [6, 6.07) is 10.3. The van der Waals surface area contributed by atoms with Crippen LogP contribution in [0, 0.1) is 5.92 Å². The molecule has 2 aliphatic heterocycles. The molecule has 0 radical (unpaired) electrons. The van der Waals surface area contributed by atoms with Crippen LogP contribution < -0.4 is 14.2 Å². The summed E-state index contributed by atoms with van der Waals surface area (Å²) in [6.07, 6.45) is 4.50. The first kappa shape index (κ1) is 20.8. The quantitative estimate of drug-likeness (QED) is 0.506. The van der Waals surface area contributed by atoms with E-state index in [9.17, 15) is 0 Å². The molecule has 1 saturated heterocycles. The van der Waals surface area contributed by atoms with Gasteiger partial charge in [0, 0.05) is 22.1 Å². The molecule has 29 heavy (non-hydrogen) atoms. The molecule has 2 heterocycles. The van der Waals surface area contributed by atoms with Gasteiger partial charge >= 0.3 is 0 Å². The molecular weight excluding hydrogens is 454 g/mol. The Labute approximate surface area is 186 Å². The summed E-state index contributed by atoms with van der Waals surface area (Å²) >= 11 is 10.0. The molecule has 0 aliphatic carbocycles. The average Bonchev–Trinajstić information content (AvgIpc) is 3.14. The molecule has 2 aliphatic rings. The van der Waals surface area contributed by atoms with Crippen molar-refractivity contribution < 1.29 is 14.2 Å². The third kappa shape index (κ3) is 5.39. The van der Waals surface area contributed by atoms with E-state index in [2.05, 4.69) is 33.0 Å². The van der Waals surface area contributed by atoms with Crippen molar-refractivity contribution in [2.75, 3.05) is 33.0 Å². The number of piperidine rings is 1. The Morgan fingerprint density at radius 3 is 2.62 bits per heavy atom. The monoisotopic (exact) mass is 479 g/mol. The topological polar surface area (TPSA) is 30.9 Å². The van der Waals surface area contributed by atoms with E-state index >= 15 is 0 Å². The van der Waals surface area contributed by atoms with Gasteiger partial charge in [-0.25, -0.2) is 0 Å². The first-order chi connectivity index (χ1) is 14.1. The van der Waals surface area contributed by atoms with Gasteiger partial charge in [0.1, 0.15) is 5.75 Å². The highest BCUT2D eigenvalue weighted by molar-refractivity contribution is 9.10. The van der Waals surface area contributed by atoms with Crippen LogP contribution in [-0.4, -0.2) is 37.9 Å². The molecule has 0 N–H and O–H groups in total. The predicted octanol–water partition coefficient (Wildman–Crippen LogP) is 5.73. The number of rotatable bonds is 7. The third-order valence-corrected chi connectivity index (χ3v) is 6.52. The Bertz CT molecular complexity index is 852. The molecule has 6 heteroatoms. The fraction of sp³-hybridized carbons (Fsp3) is 0.478. The van der Waals surface area contributed by atoms with Crippen molar-refractivity contribution in [2.45, 2.75) is 32.6 Å². The Morgan fingerprint density at radius 2 is 1.86 bits per heavy atom. The van der Waals surface area contributed by atoms with Crippen LogP contribution in [-0.2, 0) is 12.8 Å². The minimum atomic E-state index is 0.284. The van der Waals surface area contributed by atoms with Gasteiger partial charge in [0.05, 0.1) is 6.61 Å². The Kier molecular flexibility index (Phi) is 6.88. The minimum Gasteiger partial charge on any atom is -0.494 e. The van der Waals surface area contributed by atoms with E-state index < -0.39 is 0 Å². The van der Waals surface area contributed by atoms with Gasteiger partial charge in [-0.2, -0.15) is 0 Å². The second kappa shape index (κ2) is 9.59. The number of benzene rings is 2. The van der Waals surface area contributed by atoms with Gasteiger partial charge in [-0.15, -0.1) is 0 Å². The van der Waals surface area contributed by atoms with Crippen molar-refractivity contribution >= 4 is 27.5 Å². The molecule has 0 amide bonds. The van der Waals surface area contributed by atoms with Gasteiger partial charge < -0.3 is 19.1 Å². The molecule has 0 saturated carbocycles. The third-order valence-electron chi connectivity index (χ3n) is 5.71. The lowest BCUT2D eigenvalue weighted by atomic mass is 9.90. The Balaban J connectivity index is 1.27. The number of hydrogen-bond acceptors (Lipinski definition) is 4. The summed E-state index contributed by atoms with van der Waals surface area (Å²) in [7, 11) is 0. The SMILES string of the molecule is CCOc1cc(Br)cc(CC2CCN(CCc3cc4c(cc3Cl)OCO4)CC2)c1. The molecule has 0 unspecified atom stereocenters. The molecule has 2 aromatic carbocycles. The van der Waals surface area contributed by atoms with Crippen LogP contribution in [0.15, 0.2) is 34.8 Å². The van der Waals surface area contributed by atoms with Crippen LogP contribution in [0.25, 0.3) is 0 Å². The number of halogens is 2. The van der Waals surface area contributed by atoms with E-state index in [1.54, 1.807) is 0 Å². The first-order valence-electron chi connectivity index (χ1n) is 10.3. The number of fused-ring (bicyclic) bond motifs is 1. The Morgan fingerprint density at radius 1 is 1.10 bits per heavy atom. The largest absolute Gasteiger partial charge is 0.494 e. The lowest BCUT2D eigenvalue weighted by Gasteiger charge is -2.32. The van der Waals surface area contributed by atoms with Crippen molar-refractivity contribution in [3.05, 3.63) is 51.0 Å². The van der Waals surface area contributed by atoms with Gasteiger partial charge in [-0.3, -0.25) is 0 Å². The number of nitrogens with zero attached hydrogens (tertiary/aromatic N) is 1. The fourth-order valence-corrected chi connectivity index (χ4v) is 4.93. The zero-order valence-corrected chi connectivity index (χ0v) is 19.1. The average molecular weight is 481 g/mol. The highest BCUT2D eigenvalue weighted by Crippen LogP contribution is 2.37. The van der Waals surface area contributed by atoms with Crippen molar-refractivity contribution in [1.29, 1.82) is 0 Å². The van der Waals surface area contributed by atoms with Crippen molar-refractivity contribution in [3.8, 4) is 17.2 Å². The lowest BCUT2D eigenvalue weighted by molar-refractivity contribution is 0.174. The normalized spacial score (nSPS) is 16.9. The molecule has 0 bridgehead atoms. The zero-order chi connectivity index (χ0) is 20.2. The summed E-state index contributed by atoms with van der Waals surface area (Å²) in [4.78, 5) is 2.55. The van der Waals surface area contributed by atoms with Crippen molar-refractivity contribution in [2.24, 2.45) is 5.92 Å². The van der Waals surface area contributed by atoms with E-state index in [1.165, 1.54) is 18.4 Å². The van der Waals surface area contributed by atoms with E-state index in [1.807, 2.05) is 25.1 Å². The molecule has 0 atom stereocenters. The van der Waals surface area contributed by atoms with Gasteiger partial charge in [-0.1, -0.05) is 27.5 Å². The molecule has 156 valence electrons. The summed E-state index contributed by atoms with van der Waals surface area (Å²) < 4.78 is 17.6. The molecule has 4 nitrogen and oxygen atoms in total. The van der Waals surface area contributed by atoms with Crippen LogP contribution >= 0.6 is 27.5 Å². The standard InChI is InChI=1S/C23H27BrClNO3/c1-2-27-20-11-17(10-19(24)13-20)9-16-3-6-26(7-4-16)8-5-18-12-22-23(14-21(18)25)29-15-28-22/h10-14,16H,2-9,15H2,1H3. The van der Waals surface area contributed by atoms with Gasteiger partial charge in [0.15, 0.2) is 11.5 Å². The van der Waals surface area contributed by atoms with Crippen molar-refractivity contribution in [1.82, 2.24) is 4.90 Å². The van der Waals surface area contributed by atoms with E-state index in [0.717, 1.165) is 70.7 Å².